The maximum absolute atomic E-state index is 11.5. The van der Waals surface area contributed by atoms with Crippen molar-refractivity contribution in [3.05, 3.63) is 36.2 Å². The summed E-state index contributed by atoms with van der Waals surface area (Å²) < 4.78 is 3.44. The van der Waals surface area contributed by atoms with Crippen LogP contribution in [0.3, 0.4) is 0 Å². The molecule has 0 saturated heterocycles. The summed E-state index contributed by atoms with van der Waals surface area (Å²) in [5, 5.41) is 14.3. The molecule has 0 spiro atoms. The van der Waals surface area contributed by atoms with Gasteiger partial charge >= 0.3 is 5.97 Å². The lowest BCUT2D eigenvalue weighted by Crippen LogP contribution is -2.09. The Bertz CT molecular complexity index is 818. The zero-order valence-corrected chi connectivity index (χ0v) is 11.8. The largest absolute Gasteiger partial charge is 0.478 e. The fourth-order valence-corrected chi connectivity index (χ4v) is 2.45. The van der Waals surface area contributed by atoms with Crippen LogP contribution < -0.4 is 0 Å². The van der Waals surface area contributed by atoms with Crippen molar-refractivity contribution in [1.29, 1.82) is 0 Å². The Kier molecular flexibility index (Phi) is 3.17. The Labute approximate surface area is 120 Å². The zero-order chi connectivity index (χ0) is 15.0. The summed E-state index contributed by atoms with van der Waals surface area (Å²) >= 11 is 0. The zero-order valence-electron chi connectivity index (χ0n) is 11.8. The van der Waals surface area contributed by atoms with Crippen LogP contribution in [0.4, 0.5) is 0 Å². The minimum absolute atomic E-state index is 0.144. The minimum atomic E-state index is -1.01. The molecule has 3 aromatic rings. The summed E-state index contributed by atoms with van der Waals surface area (Å²) in [6, 6.07) is 0. The quantitative estimate of drug-likeness (QED) is 0.790. The summed E-state index contributed by atoms with van der Waals surface area (Å²) in [4.78, 5) is 20.0. The van der Waals surface area contributed by atoms with Crippen LogP contribution in [0.1, 0.15) is 29.5 Å². The van der Waals surface area contributed by atoms with Crippen molar-refractivity contribution in [2.75, 3.05) is 0 Å². The van der Waals surface area contributed by atoms with E-state index >= 15 is 0 Å². The van der Waals surface area contributed by atoms with Crippen molar-refractivity contribution >= 4 is 17.0 Å². The third kappa shape index (κ3) is 2.06. The first-order chi connectivity index (χ1) is 10.1. The second-order valence-electron chi connectivity index (χ2n) is 4.79. The Balaban J connectivity index is 2.35. The first-order valence-electron chi connectivity index (χ1n) is 6.70. The highest BCUT2D eigenvalue weighted by atomic mass is 16.4. The van der Waals surface area contributed by atoms with Gasteiger partial charge in [-0.15, -0.1) is 0 Å². The third-order valence-electron chi connectivity index (χ3n) is 3.40. The Morgan fingerprint density at radius 2 is 2.14 bits per heavy atom. The molecule has 0 aliphatic heterocycles. The van der Waals surface area contributed by atoms with E-state index in [1.807, 2.05) is 4.57 Å². The summed E-state index contributed by atoms with van der Waals surface area (Å²) in [6.45, 7) is 2.06. The lowest BCUT2D eigenvalue weighted by Gasteiger charge is -2.11. The smallest absolute Gasteiger partial charge is 0.339 e. The number of aromatic nitrogens is 5. The van der Waals surface area contributed by atoms with E-state index in [1.54, 1.807) is 30.3 Å². The van der Waals surface area contributed by atoms with Gasteiger partial charge in [0.1, 0.15) is 11.4 Å². The molecule has 3 heterocycles. The highest BCUT2D eigenvalue weighted by Crippen LogP contribution is 2.25. The SMILES string of the molecule is CCCc1nccn1-c1c(C(=O)O)cnc2c1cnn2C. The van der Waals surface area contributed by atoms with Gasteiger partial charge in [-0.2, -0.15) is 5.10 Å². The van der Waals surface area contributed by atoms with Crippen molar-refractivity contribution in [2.45, 2.75) is 19.8 Å². The van der Waals surface area contributed by atoms with Gasteiger partial charge in [0.05, 0.1) is 17.3 Å². The number of carboxylic acids is 1. The molecule has 0 amide bonds. The average Bonchev–Trinajstić information content (AvgIpc) is 3.06. The number of hydrogen-bond donors (Lipinski definition) is 1. The maximum Gasteiger partial charge on any atom is 0.339 e. The summed E-state index contributed by atoms with van der Waals surface area (Å²) in [6.07, 6.45) is 8.17. The van der Waals surface area contributed by atoms with E-state index in [4.69, 9.17) is 0 Å². The highest BCUT2D eigenvalue weighted by Gasteiger charge is 2.20. The molecular weight excluding hydrogens is 270 g/mol. The number of fused-ring (bicyclic) bond motifs is 1. The first kappa shape index (κ1) is 13.3. The van der Waals surface area contributed by atoms with Gasteiger partial charge in [0, 0.05) is 32.1 Å². The van der Waals surface area contributed by atoms with Gasteiger partial charge in [-0.05, 0) is 6.42 Å². The van der Waals surface area contributed by atoms with Gasteiger partial charge < -0.3 is 9.67 Å². The molecular formula is C14H15N5O2. The number of hydrogen-bond acceptors (Lipinski definition) is 4. The molecule has 108 valence electrons. The van der Waals surface area contributed by atoms with E-state index in [9.17, 15) is 9.90 Å². The topological polar surface area (TPSA) is 85.8 Å². The molecule has 21 heavy (non-hydrogen) atoms. The Morgan fingerprint density at radius 1 is 1.33 bits per heavy atom. The molecule has 7 heteroatoms. The Hall–Kier alpha value is -2.70. The first-order valence-corrected chi connectivity index (χ1v) is 6.70. The Morgan fingerprint density at radius 3 is 2.86 bits per heavy atom. The van der Waals surface area contributed by atoms with Gasteiger partial charge in [-0.1, -0.05) is 6.92 Å². The molecule has 0 radical (unpaired) electrons. The molecule has 0 aliphatic rings. The second kappa shape index (κ2) is 5.01. The van der Waals surface area contributed by atoms with Gasteiger partial charge in [0.15, 0.2) is 5.65 Å². The van der Waals surface area contributed by atoms with Crippen molar-refractivity contribution in [3.8, 4) is 5.69 Å². The molecule has 0 aliphatic carbocycles. The van der Waals surface area contributed by atoms with Crippen LogP contribution in [0.25, 0.3) is 16.7 Å². The fourth-order valence-electron chi connectivity index (χ4n) is 2.45. The highest BCUT2D eigenvalue weighted by molar-refractivity contribution is 5.99. The predicted octanol–water partition coefficient (Wildman–Crippen LogP) is 1.80. The van der Waals surface area contributed by atoms with E-state index in [2.05, 4.69) is 22.0 Å². The van der Waals surface area contributed by atoms with Gasteiger partial charge in [-0.25, -0.2) is 14.8 Å². The van der Waals surface area contributed by atoms with Crippen molar-refractivity contribution < 1.29 is 9.90 Å². The van der Waals surface area contributed by atoms with Crippen LogP contribution in [0.15, 0.2) is 24.8 Å². The van der Waals surface area contributed by atoms with Crippen molar-refractivity contribution in [2.24, 2.45) is 7.05 Å². The molecule has 0 unspecified atom stereocenters. The number of carbonyl (C=O) groups is 1. The fraction of sp³-hybridized carbons (Fsp3) is 0.286. The molecule has 0 fully saturated rings. The maximum atomic E-state index is 11.5. The molecule has 7 nitrogen and oxygen atoms in total. The minimum Gasteiger partial charge on any atom is -0.478 e. The number of nitrogens with zero attached hydrogens (tertiary/aromatic N) is 5. The standard InChI is InChI=1S/C14H15N5O2/c1-3-4-11-15-5-6-19(11)12-9-8-17-18(2)13(9)16-7-10(12)14(20)21/h5-8H,3-4H2,1-2H3,(H,20,21). The summed E-state index contributed by atoms with van der Waals surface area (Å²) in [7, 11) is 1.78. The summed E-state index contributed by atoms with van der Waals surface area (Å²) in [5.74, 6) is -0.184. The molecule has 3 aromatic heterocycles. The number of imidazole rings is 1. The van der Waals surface area contributed by atoms with Gasteiger partial charge in [0.2, 0.25) is 0 Å². The number of rotatable bonds is 4. The van der Waals surface area contributed by atoms with E-state index < -0.39 is 5.97 Å². The molecule has 0 bridgehead atoms. The average molecular weight is 285 g/mol. The second-order valence-corrected chi connectivity index (χ2v) is 4.79. The van der Waals surface area contributed by atoms with Crippen LogP contribution in [-0.2, 0) is 13.5 Å². The van der Waals surface area contributed by atoms with Crippen LogP contribution >= 0.6 is 0 Å². The van der Waals surface area contributed by atoms with Crippen molar-refractivity contribution in [3.63, 3.8) is 0 Å². The van der Waals surface area contributed by atoms with Crippen LogP contribution in [0.2, 0.25) is 0 Å². The molecule has 0 aromatic carbocycles. The van der Waals surface area contributed by atoms with E-state index in [1.165, 1.54) is 6.20 Å². The van der Waals surface area contributed by atoms with Crippen LogP contribution in [-0.4, -0.2) is 35.4 Å². The molecule has 0 atom stereocenters. The van der Waals surface area contributed by atoms with Crippen molar-refractivity contribution in [1.82, 2.24) is 24.3 Å². The number of aryl methyl sites for hydroxylation is 2. The van der Waals surface area contributed by atoms with E-state index in [-0.39, 0.29) is 5.56 Å². The number of pyridine rings is 1. The summed E-state index contributed by atoms with van der Waals surface area (Å²) in [5.41, 5.74) is 1.36. The van der Waals surface area contributed by atoms with Gasteiger partial charge in [0.25, 0.3) is 0 Å². The monoisotopic (exact) mass is 285 g/mol. The number of aromatic carboxylic acids is 1. The lowest BCUT2D eigenvalue weighted by atomic mass is 10.1. The molecule has 3 rings (SSSR count). The van der Waals surface area contributed by atoms with Gasteiger partial charge in [-0.3, -0.25) is 4.68 Å². The molecule has 0 saturated carbocycles. The lowest BCUT2D eigenvalue weighted by molar-refractivity contribution is 0.0696. The number of carboxylic acid groups (broad SMARTS) is 1. The third-order valence-corrected chi connectivity index (χ3v) is 3.40. The van der Waals surface area contributed by atoms with E-state index in [0.717, 1.165) is 18.7 Å². The van der Waals surface area contributed by atoms with Crippen LogP contribution in [0, 0.1) is 0 Å². The normalized spacial score (nSPS) is 11.1. The van der Waals surface area contributed by atoms with Crippen LogP contribution in [0.5, 0.6) is 0 Å². The predicted molar refractivity (Wildman–Crippen MR) is 76.6 cm³/mol. The van der Waals surface area contributed by atoms with E-state index in [0.29, 0.717) is 16.7 Å². The molecule has 1 N–H and O–H groups in total.